The highest BCUT2D eigenvalue weighted by molar-refractivity contribution is 5.97. The summed E-state index contributed by atoms with van der Waals surface area (Å²) in [6.45, 7) is 1.03. The summed E-state index contributed by atoms with van der Waals surface area (Å²) in [5, 5.41) is 7.64. The van der Waals surface area contributed by atoms with Crippen LogP contribution in [-0.4, -0.2) is 24.5 Å². The van der Waals surface area contributed by atoms with Crippen LogP contribution in [0.15, 0.2) is 34.9 Å². The smallest absolute Gasteiger partial charge is 0.251 e. The Hall–Kier alpha value is -1.81. The third-order valence-corrected chi connectivity index (χ3v) is 4.40. The number of carbonyl (C=O) groups excluding carboxylic acids is 1. The molecule has 1 saturated heterocycles. The van der Waals surface area contributed by atoms with Crippen LogP contribution in [0, 0.1) is 5.92 Å². The molecule has 4 rings (SSSR count). The lowest BCUT2D eigenvalue weighted by molar-refractivity contribution is 0.0925. The molecule has 2 N–H and O–H groups in total. The van der Waals surface area contributed by atoms with Gasteiger partial charge < -0.3 is 15.1 Å². The number of piperidine rings is 1. The maximum Gasteiger partial charge on any atom is 0.251 e. The van der Waals surface area contributed by atoms with Crippen LogP contribution in [0.1, 0.15) is 23.2 Å². The van der Waals surface area contributed by atoms with Crippen LogP contribution >= 0.6 is 0 Å². The Bertz CT molecular complexity index is 634. The lowest BCUT2D eigenvalue weighted by Crippen LogP contribution is -2.44. The van der Waals surface area contributed by atoms with Gasteiger partial charge in [-0.2, -0.15) is 0 Å². The summed E-state index contributed by atoms with van der Waals surface area (Å²) in [7, 11) is 0. The Morgan fingerprint density at radius 3 is 3.05 bits per heavy atom. The van der Waals surface area contributed by atoms with Crippen molar-refractivity contribution in [1.82, 2.24) is 10.6 Å². The summed E-state index contributed by atoms with van der Waals surface area (Å²) in [6.07, 6.45) is 3.90. The highest BCUT2D eigenvalue weighted by atomic mass is 16.3. The second kappa shape index (κ2) is 4.10. The fourth-order valence-corrected chi connectivity index (χ4v) is 3.36. The average Bonchev–Trinajstić information content (AvgIpc) is 3.13. The molecule has 0 spiro atoms. The molecule has 98 valence electrons. The highest BCUT2D eigenvalue weighted by Gasteiger charge is 2.40. The number of benzene rings is 1. The maximum atomic E-state index is 12.3. The molecule has 1 saturated carbocycles. The lowest BCUT2D eigenvalue weighted by atomic mass is 10.0. The van der Waals surface area contributed by atoms with Crippen LogP contribution in [0.25, 0.3) is 11.0 Å². The van der Waals surface area contributed by atoms with Crippen LogP contribution in [0.4, 0.5) is 0 Å². The number of rotatable bonds is 2. The van der Waals surface area contributed by atoms with Gasteiger partial charge in [-0.3, -0.25) is 4.79 Å². The molecule has 1 aliphatic heterocycles. The number of carbonyl (C=O) groups is 1. The summed E-state index contributed by atoms with van der Waals surface area (Å²) in [4.78, 5) is 12.3. The molecule has 1 aromatic heterocycles. The summed E-state index contributed by atoms with van der Waals surface area (Å²) in [5.74, 6) is 0.608. The minimum absolute atomic E-state index is 0.0100. The minimum atomic E-state index is 0.0100. The average molecular weight is 256 g/mol. The van der Waals surface area contributed by atoms with Gasteiger partial charge >= 0.3 is 0 Å². The molecule has 2 bridgehead atoms. The number of fused-ring (bicyclic) bond motifs is 3. The summed E-state index contributed by atoms with van der Waals surface area (Å²) in [5.41, 5.74) is 1.44. The van der Waals surface area contributed by atoms with E-state index in [0.717, 1.165) is 23.9 Å². The van der Waals surface area contributed by atoms with Crippen molar-refractivity contribution >= 4 is 16.9 Å². The monoisotopic (exact) mass is 256 g/mol. The van der Waals surface area contributed by atoms with E-state index in [9.17, 15) is 4.79 Å². The van der Waals surface area contributed by atoms with E-state index < -0.39 is 0 Å². The quantitative estimate of drug-likeness (QED) is 0.863. The zero-order valence-electron chi connectivity index (χ0n) is 10.6. The topological polar surface area (TPSA) is 54.3 Å². The third-order valence-electron chi connectivity index (χ3n) is 4.40. The molecule has 4 nitrogen and oxygen atoms in total. The highest BCUT2D eigenvalue weighted by Crippen LogP contribution is 2.31. The van der Waals surface area contributed by atoms with Gasteiger partial charge in [0.25, 0.3) is 5.91 Å². The lowest BCUT2D eigenvalue weighted by Gasteiger charge is -2.23. The first kappa shape index (κ1) is 11.1. The van der Waals surface area contributed by atoms with Gasteiger partial charge in [0.05, 0.1) is 6.26 Å². The van der Waals surface area contributed by atoms with E-state index in [2.05, 4.69) is 10.6 Å². The van der Waals surface area contributed by atoms with E-state index >= 15 is 0 Å². The molecule has 0 radical (unpaired) electrons. The van der Waals surface area contributed by atoms with Crippen LogP contribution in [0.2, 0.25) is 0 Å². The fraction of sp³-hybridized carbons (Fsp3) is 0.400. The Morgan fingerprint density at radius 2 is 2.26 bits per heavy atom. The van der Waals surface area contributed by atoms with Crippen LogP contribution in [0.3, 0.4) is 0 Å². The van der Waals surface area contributed by atoms with Crippen molar-refractivity contribution in [2.75, 3.05) is 6.54 Å². The molecule has 1 aromatic carbocycles. The van der Waals surface area contributed by atoms with Crippen molar-refractivity contribution in [2.45, 2.75) is 24.9 Å². The fourth-order valence-electron chi connectivity index (χ4n) is 3.36. The molecule has 4 heteroatoms. The second-order valence-corrected chi connectivity index (χ2v) is 5.59. The molecule has 2 aromatic rings. The molecule has 2 aliphatic rings. The number of hydrogen-bond acceptors (Lipinski definition) is 3. The summed E-state index contributed by atoms with van der Waals surface area (Å²) in [6, 6.07) is 8.43. The van der Waals surface area contributed by atoms with E-state index in [0.29, 0.717) is 23.6 Å². The van der Waals surface area contributed by atoms with Gasteiger partial charge in [-0.05, 0) is 37.0 Å². The van der Waals surface area contributed by atoms with Crippen molar-refractivity contribution < 1.29 is 9.21 Å². The van der Waals surface area contributed by atoms with Crippen LogP contribution < -0.4 is 10.6 Å². The molecule has 3 atom stereocenters. The van der Waals surface area contributed by atoms with Crippen molar-refractivity contribution in [3.63, 3.8) is 0 Å². The first-order valence-electron chi connectivity index (χ1n) is 6.81. The molecule has 19 heavy (non-hydrogen) atoms. The van der Waals surface area contributed by atoms with Crippen LogP contribution in [0.5, 0.6) is 0 Å². The maximum absolute atomic E-state index is 12.3. The van der Waals surface area contributed by atoms with Crippen molar-refractivity contribution in [1.29, 1.82) is 0 Å². The van der Waals surface area contributed by atoms with Gasteiger partial charge in [-0.25, -0.2) is 0 Å². The predicted molar refractivity (Wildman–Crippen MR) is 72.0 cm³/mol. The molecule has 1 aliphatic carbocycles. The number of nitrogens with one attached hydrogen (secondary N) is 2. The van der Waals surface area contributed by atoms with E-state index in [4.69, 9.17) is 4.42 Å². The SMILES string of the molecule is O=C(N[C@@H]1C[C@H]2C[C@@H]1CN2)c1ccc2ccoc2c1. The van der Waals surface area contributed by atoms with E-state index in [-0.39, 0.29) is 5.91 Å². The number of furan rings is 1. The summed E-state index contributed by atoms with van der Waals surface area (Å²) < 4.78 is 5.34. The second-order valence-electron chi connectivity index (χ2n) is 5.59. The zero-order chi connectivity index (χ0) is 12.8. The molecular formula is C15H16N2O2. The Labute approximate surface area is 111 Å². The summed E-state index contributed by atoms with van der Waals surface area (Å²) >= 11 is 0. The third kappa shape index (κ3) is 1.83. The molecule has 2 heterocycles. The predicted octanol–water partition coefficient (Wildman–Crippen LogP) is 1.91. The first-order valence-corrected chi connectivity index (χ1v) is 6.81. The standard InChI is InChI=1S/C15H16N2O2/c18-15(17-13-7-12-5-11(13)8-16-12)10-2-1-9-3-4-19-14(9)6-10/h1-4,6,11-13,16H,5,7-8H2,(H,17,18)/t11-,12-,13-/m1/s1. The van der Waals surface area contributed by atoms with Gasteiger partial charge in [0.1, 0.15) is 5.58 Å². The zero-order valence-corrected chi connectivity index (χ0v) is 10.6. The molecule has 1 amide bonds. The van der Waals surface area contributed by atoms with Crippen LogP contribution in [-0.2, 0) is 0 Å². The van der Waals surface area contributed by atoms with E-state index in [1.807, 2.05) is 24.3 Å². The Morgan fingerprint density at radius 1 is 1.32 bits per heavy atom. The first-order chi connectivity index (χ1) is 9.29. The molecule has 0 unspecified atom stereocenters. The Kier molecular flexibility index (Phi) is 2.38. The van der Waals surface area contributed by atoms with E-state index in [1.54, 1.807) is 6.26 Å². The number of amides is 1. The van der Waals surface area contributed by atoms with Gasteiger partial charge in [-0.1, -0.05) is 6.07 Å². The van der Waals surface area contributed by atoms with Gasteiger partial charge in [0, 0.05) is 29.6 Å². The number of hydrogen-bond donors (Lipinski definition) is 2. The van der Waals surface area contributed by atoms with Crippen molar-refractivity contribution in [3.05, 3.63) is 36.1 Å². The van der Waals surface area contributed by atoms with Crippen molar-refractivity contribution in [2.24, 2.45) is 5.92 Å². The normalized spacial score (nSPS) is 28.9. The minimum Gasteiger partial charge on any atom is -0.464 e. The van der Waals surface area contributed by atoms with Gasteiger partial charge in [-0.15, -0.1) is 0 Å². The van der Waals surface area contributed by atoms with E-state index in [1.165, 1.54) is 6.42 Å². The largest absolute Gasteiger partial charge is 0.464 e. The Balaban J connectivity index is 1.53. The van der Waals surface area contributed by atoms with Gasteiger partial charge in [0.2, 0.25) is 0 Å². The van der Waals surface area contributed by atoms with Crippen molar-refractivity contribution in [3.8, 4) is 0 Å². The van der Waals surface area contributed by atoms with Gasteiger partial charge in [0.15, 0.2) is 0 Å². The molecule has 2 fully saturated rings. The molecular weight excluding hydrogens is 240 g/mol.